The first-order valence-corrected chi connectivity index (χ1v) is 10.1. The van der Waals surface area contributed by atoms with Gasteiger partial charge < -0.3 is 5.32 Å². The molecule has 0 aliphatic rings. The monoisotopic (exact) mass is 418 g/mol. The van der Waals surface area contributed by atoms with Gasteiger partial charge in [-0.05, 0) is 55.5 Å². The Morgan fingerprint density at radius 3 is 2.47 bits per heavy atom. The Labute approximate surface area is 176 Å². The van der Waals surface area contributed by atoms with E-state index in [1.165, 1.54) is 18.7 Å². The molecule has 0 unspecified atom stereocenters. The number of amides is 1. The van der Waals surface area contributed by atoms with E-state index in [0.717, 1.165) is 5.56 Å². The zero-order valence-corrected chi connectivity index (χ0v) is 16.9. The number of anilines is 1. The standard InChI is InChI=1S/C21H18N6O2S/c1-15(28)16-6-8-18(9-7-16)23-19(29)14-30-21-25-24-20(17-5-4-10-22-13-17)27(21)26-11-2-3-12-26/h2-13H,14H2,1H3,(H,23,29). The van der Waals surface area contributed by atoms with Crippen molar-refractivity contribution >= 4 is 29.1 Å². The van der Waals surface area contributed by atoms with Gasteiger partial charge in [0.15, 0.2) is 11.6 Å². The molecule has 4 rings (SSSR count). The number of rotatable bonds is 7. The van der Waals surface area contributed by atoms with E-state index in [1.54, 1.807) is 36.7 Å². The Morgan fingerprint density at radius 2 is 1.80 bits per heavy atom. The SMILES string of the molecule is CC(=O)c1ccc(NC(=O)CSc2nnc(-c3cccnc3)n2-n2cccc2)cc1. The van der Waals surface area contributed by atoms with E-state index < -0.39 is 0 Å². The van der Waals surface area contributed by atoms with E-state index in [1.807, 2.05) is 46.0 Å². The first-order valence-electron chi connectivity index (χ1n) is 9.15. The number of ketones is 1. The van der Waals surface area contributed by atoms with Crippen LogP contribution in [-0.2, 0) is 4.79 Å². The summed E-state index contributed by atoms with van der Waals surface area (Å²) in [4.78, 5) is 27.9. The Hall–Kier alpha value is -3.72. The van der Waals surface area contributed by atoms with Crippen molar-refractivity contribution in [2.45, 2.75) is 12.1 Å². The van der Waals surface area contributed by atoms with Gasteiger partial charge in [-0.25, -0.2) is 4.68 Å². The minimum Gasteiger partial charge on any atom is -0.325 e. The number of benzene rings is 1. The topological polar surface area (TPSA) is 94.7 Å². The molecule has 9 heteroatoms. The molecule has 30 heavy (non-hydrogen) atoms. The van der Waals surface area contributed by atoms with Crippen LogP contribution in [0.4, 0.5) is 5.69 Å². The quantitative estimate of drug-likeness (QED) is 0.365. The number of nitrogens with zero attached hydrogens (tertiary/aromatic N) is 5. The average molecular weight is 418 g/mol. The van der Waals surface area contributed by atoms with Crippen LogP contribution in [0.25, 0.3) is 11.4 Å². The van der Waals surface area contributed by atoms with Gasteiger partial charge in [0.1, 0.15) is 0 Å². The van der Waals surface area contributed by atoms with Gasteiger partial charge in [0.25, 0.3) is 0 Å². The lowest BCUT2D eigenvalue weighted by Gasteiger charge is -2.11. The summed E-state index contributed by atoms with van der Waals surface area (Å²) in [5.41, 5.74) is 2.05. The highest BCUT2D eigenvalue weighted by Gasteiger charge is 2.17. The summed E-state index contributed by atoms with van der Waals surface area (Å²) in [5.74, 6) is 0.584. The van der Waals surface area contributed by atoms with E-state index in [4.69, 9.17) is 0 Å². The zero-order chi connectivity index (χ0) is 20.9. The molecule has 0 bridgehead atoms. The highest BCUT2D eigenvalue weighted by Crippen LogP contribution is 2.24. The fraction of sp³-hybridized carbons (Fsp3) is 0.0952. The van der Waals surface area contributed by atoms with Gasteiger partial charge in [0.2, 0.25) is 11.1 Å². The van der Waals surface area contributed by atoms with Crippen LogP contribution in [0.2, 0.25) is 0 Å². The van der Waals surface area contributed by atoms with Gasteiger partial charge in [-0.1, -0.05) is 11.8 Å². The molecule has 0 atom stereocenters. The molecule has 8 nitrogen and oxygen atoms in total. The first kappa shape index (κ1) is 19.6. The molecule has 3 aromatic heterocycles. The number of thioether (sulfide) groups is 1. The highest BCUT2D eigenvalue weighted by atomic mass is 32.2. The third-order valence-corrected chi connectivity index (χ3v) is 5.18. The second-order valence-corrected chi connectivity index (χ2v) is 7.34. The average Bonchev–Trinajstić information content (AvgIpc) is 3.43. The lowest BCUT2D eigenvalue weighted by Crippen LogP contribution is -2.16. The lowest BCUT2D eigenvalue weighted by molar-refractivity contribution is -0.113. The fourth-order valence-corrected chi connectivity index (χ4v) is 3.55. The van der Waals surface area contributed by atoms with E-state index in [9.17, 15) is 9.59 Å². The largest absolute Gasteiger partial charge is 0.325 e. The van der Waals surface area contributed by atoms with Gasteiger partial charge in [0, 0.05) is 41.6 Å². The first-order chi connectivity index (χ1) is 14.6. The van der Waals surface area contributed by atoms with Crippen molar-refractivity contribution in [3.8, 4) is 11.4 Å². The molecule has 1 aromatic carbocycles. The molecule has 1 N–H and O–H groups in total. The number of pyridine rings is 1. The van der Waals surface area contributed by atoms with Crippen molar-refractivity contribution < 1.29 is 9.59 Å². The molecule has 0 saturated heterocycles. The number of hydrogen-bond donors (Lipinski definition) is 1. The van der Waals surface area contributed by atoms with Gasteiger partial charge in [0.05, 0.1) is 5.75 Å². The van der Waals surface area contributed by atoms with Crippen LogP contribution in [-0.4, -0.2) is 42.0 Å². The minimum absolute atomic E-state index is 0.0165. The second-order valence-electron chi connectivity index (χ2n) is 6.39. The fourth-order valence-electron chi connectivity index (χ4n) is 2.81. The van der Waals surface area contributed by atoms with E-state index in [2.05, 4.69) is 20.5 Å². The van der Waals surface area contributed by atoms with Gasteiger partial charge in [-0.3, -0.25) is 19.2 Å². The maximum absolute atomic E-state index is 12.4. The maximum atomic E-state index is 12.4. The number of aromatic nitrogens is 5. The molecule has 0 saturated carbocycles. The lowest BCUT2D eigenvalue weighted by atomic mass is 10.1. The van der Waals surface area contributed by atoms with Crippen LogP contribution in [0, 0.1) is 0 Å². The Bertz CT molecular complexity index is 1150. The van der Waals surface area contributed by atoms with Crippen molar-refractivity contribution in [2.24, 2.45) is 0 Å². The van der Waals surface area contributed by atoms with Gasteiger partial charge in [-0.2, -0.15) is 0 Å². The van der Waals surface area contributed by atoms with Crippen LogP contribution in [0.15, 0.2) is 78.5 Å². The minimum atomic E-state index is -0.180. The van der Waals surface area contributed by atoms with E-state index in [0.29, 0.717) is 22.2 Å². The normalized spacial score (nSPS) is 10.7. The van der Waals surface area contributed by atoms with Crippen LogP contribution < -0.4 is 5.32 Å². The summed E-state index contributed by atoms with van der Waals surface area (Å²) in [7, 11) is 0. The molecular weight excluding hydrogens is 400 g/mol. The zero-order valence-electron chi connectivity index (χ0n) is 16.1. The molecule has 0 fully saturated rings. The third kappa shape index (κ3) is 4.31. The maximum Gasteiger partial charge on any atom is 0.234 e. The summed E-state index contributed by atoms with van der Waals surface area (Å²) >= 11 is 1.28. The van der Waals surface area contributed by atoms with Crippen LogP contribution in [0.5, 0.6) is 0 Å². The summed E-state index contributed by atoms with van der Waals surface area (Å²) in [6.07, 6.45) is 7.17. The molecule has 0 spiro atoms. The Morgan fingerprint density at radius 1 is 1.03 bits per heavy atom. The van der Waals surface area contributed by atoms with Crippen molar-refractivity contribution in [3.63, 3.8) is 0 Å². The highest BCUT2D eigenvalue weighted by molar-refractivity contribution is 7.99. The molecular formula is C21H18N6O2S. The Kier molecular flexibility index (Phi) is 5.71. The molecule has 0 aliphatic heterocycles. The molecule has 0 radical (unpaired) electrons. The number of Topliss-reactive ketones (excluding diaryl/α,β-unsaturated/α-hetero) is 1. The van der Waals surface area contributed by atoms with Crippen LogP contribution in [0.3, 0.4) is 0 Å². The van der Waals surface area contributed by atoms with Crippen molar-refractivity contribution in [1.29, 1.82) is 0 Å². The predicted molar refractivity (Wildman–Crippen MR) is 114 cm³/mol. The molecule has 4 aromatic rings. The predicted octanol–water partition coefficient (Wildman–Crippen LogP) is 3.39. The Balaban J connectivity index is 1.50. The van der Waals surface area contributed by atoms with Crippen molar-refractivity contribution in [3.05, 3.63) is 78.9 Å². The van der Waals surface area contributed by atoms with Gasteiger partial charge in [-0.15, -0.1) is 10.2 Å². The summed E-state index contributed by atoms with van der Waals surface area (Å²) in [6.45, 7) is 1.50. The van der Waals surface area contributed by atoms with Crippen LogP contribution >= 0.6 is 11.8 Å². The molecule has 0 aliphatic carbocycles. The molecule has 1 amide bonds. The van der Waals surface area contributed by atoms with Crippen LogP contribution in [0.1, 0.15) is 17.3 Å². The van der Waals surface area contributed by atoms with E-state index in [-0.39, 0.29) is 17.4 Å². The van der Waals surface area contributed by atoms with Crippen molar-refractivity contribution in [2.75, 3.05) is 11.1 Å². The number of carbonyl (C=O) groups excluding carboxylic acids is 2. The summed E-state index contributed by atoms with van der Waals surface area (Å²) in [5, 5.41) is 12.0. The van der Waals surface area contributed by atoms with E-state index >= 15 is 0 Å². The van der Waals surface area contributed by atoms with Gasteiger partial charge >= 0.3 is 0 Å². The third-order valence-electron chi connectivity index (χ3n) is 4.26. The molecule has 150 valence electrons. The summed E-state index contributed by atoms with van der Waals surface area (Å²) < 4.78 is 3.68. The van der Waals surface area contributed by atoms with Crippen molar-refractivity contribution in [1.82, 2.24) is 24.5 Å². The number of carbonyl (C=O) groups is 2. The summed E-state index contributed by atoms with van der Waals surface area (Å²) in [6, 6.07) is 14.3. The smallest absolute Gasteiger partial charge is 0.234 e. The molecule has 3 heterocycles. The number of nitrogens with one attached hydrogen (secondary N) is 1. The number of hydrogen-bond acceptors (Lipinski definition) is 6. The second kappa shape index (κ2) is 8.75.